The van der Waals surface area contributed by atoms with Crippen molar-refractivity contribution in [3.05, 3.63) is 73.3 Å². The molecule has 4 rings (SSSR count). The monoisotopic (exact) mass is 471 g/mol. The van der Waals surface area contributed by atoms with E-state index < -0.39 is 10.8 Å². The summed E-state index contributed by atoms with van der Waals surface area (Å²) < 4.78 is 5.32. The molecule has 3 aromatic rings. The van der Waals surface area contributed by atoms with E-state index in [1.54, 1.807) is 37.3 Å². The molecule has 0 bridgehead atoms. The number of carbonyl (C=O) groups is 1. The molecule has 1 aromatic heterocycles. The standard InChI is InChI=1S/C22H22ClN5O5/c1-2-26(13-20-24-17-12-15(23)4-5-16(17)21(29)25-20)22(30)14-3-6-18(19(11-14)28(31)32)27-7-9-33-10-8-27/h3-6,11-12H,2,7-10,13H2,1H3,(H,24,25,29). The van der Waals surface area contributed by atoms with Crippen LogP contribution in [0.4, 0.5) is 11.4 Å². The number of nitro benzene ring substituents is 1. The number of H-pyrrole nitrogens is 1. The van der Waals surface area contributed by atoms with Crippen molar-refractivity contribution < 1.29 is 14.5 Å². The highest BCUT2D eigenvalue weighted by molar-refractivity contribution is 6.31. The number of rotatable bonds is 6. The lowest BCUT2D eigenvalue weighted by Crippen LogP contribution is -2.36. The van der Waals surface area contributed by atoms with Gasteiger partial charge < -0.3 is 19.5 Å². The molecule has 0 unspecified atom stereocenters. The molecular formula is C22H22ClN5O5. The highest BCUT2D eigenvalue weighted by Crippen LogP contribution is 2.30. The number of ether oxygens (including phenoxy) is 1. The first kappa shape index (κ1) is 22.7. The van der Waals surface area contributed by atoms with Crippen LogP contribution in [0.5, 0.6) is 0 Å². The minimum absolute atomic E-state index is 0.0338. The van der Waals surface area contributed by atoms with Crippen LogP contribution in [-0.2, 0) is 11.3 Å². The van der Waals surface area contributed by atoms with Crippen LogP contribution in [0.15, 0.2) is 41.2 Å². The minimum atomic E-state index is -0.482. The molecule has 2 heterocycles. The van der Waals surface area contributed by atoms with E-state index >= 15 is 0 Å². The Balaban J connectivity index is 1.62. The Kier molecular flexibility index (Phi) is 6.57. The van der Waals surface area contributed by atoms with Crippen LogP contribution < -0.4 is 10.5 Å². The van der Waals surface area contributed by atoms with Gasteiger partial charge >= 0.3 is 0 Å². The zero-order valence-electron chi connectivity index (χ0n) is 17.9. The molecule has 1 aliphatic rings. The van der Waals surface area contributed by atoms with E-state index in [2.05, 4.69) is 9.97 Å². The average Bonchev–Trinajstić information content (AvgIpc) is 2.82. The van der Waals surface area contributed by atoms with Gasteiger partial charge in [0.25, 0.3) is 17.2 Å². The van der Waals surface area contributed by atoms with E-state index in [4.69, 9.17) is 16.3 Å². The van der Waals surface area contributed by atoms with E-state index in [-0.39, 0.29) is 23.4 Å². The van der Waals surface area contributed by atoms with Crippen LogP contribution in [0.3, 0.4) is 0 Å². The molecule has 1 fully saturated rings. The molecule has 11 heteroatoms. The van der Waals surface area contributed by atoms with Gasteiger partial charge in [-0.25, -0.2) is 4.98 Å². The van der Waals surface area contributed by atoms with Gasteiger partial charge in [-0.3, -0.25) is 19.7 Å². The molecule has 1 N–H and O–H groups in total. The number of nitrogens with zero attached hydrogens (tertiary/aromatic N) is 4. The third-order valence-corrected chi connectivity index (χ3v) is 5.73. The third kappa shape index (κ3) is 4.81. The van der Waals surface area contributed by atoms with Crippen molar-refractivity contribution in [1.29, 1.82) is 0 Å². The van der Waals surface area contributed by atoms with Crippen molar-refractivity contribution in [3.8, 4) is 0 Å². The molecule has 0 atom stereocenters. The zero-order valence-corrected chi connectivity index (χ0v) is 18.7. The van der Waals surface area contributed by atoms with Gasteiger partial charge in [0, 0.05) is 36.3 Å². The SMILES string of the molecule is CCN(Cc1nc2cc(Cl)ccc2c(=O)[nH]1)C(=O)c1ccc(N2CCOCC2)c([N+](=O)[O-])c1. The van der Waals surface area contributed by atoms with Crippen LogP contribution >= 0.6 is 11.6 Å². The van der Waals surface area contributed by atoms with Crippen LogP contribution in [0.2, 0.25) is 5.02 Å². The van der Waals surface area contributed by atoms with Gasteiger partial charge in [0.15, 0.2) is 0 Å². The fraction of sp³-hybridized carbons (Fsp3) is 0.318. The molecule has 33 heavy (non-hydrogen) atoms. The highest BCUT2D eigenvalue weighted by atomic mass is 35.5. The lowest BCUT2D eigenvalue weighted by molar-refractivity contribution is -0.384. The second-order valence-electron chi connectivity index (χ2n) is 7.55. The summed E-state index contributed by atoms with van der Waals surface area (Å²) in [7, 11) is 0. The summed E-state index contributed by atoms with van der Waals surface area (Å²) in [5.41, 5.74) is 0.605. The first-order chi connectivity index (χ1) is 15.9. The predicted octanol–water partition coefficient (Wildman–Crippen LogP) is 2.98. The molecule has 172 valence electrons. The largest absolute Gasteiger partial charge is 0.378 e. The summed E-state index contributed by atoms with van der Waals surface area (Å²) in [6, 6.07) is 9.26. The summed E-state index contributed by atoms with van der Waals surface area (Å²) in [4.78, 5) is 47.3. The van der Waals surface area contributed by atoms with E-state index in [9.17, 15) is 19.7 Å². The summed E-state index contributed by atoms with van der Waals surface area (Å²) in [5, 5.41) is 12.6. The second kappa shape index (κ2) is 9.55. The minimum Gasteiger partial charge on any atom is -0.378 e. The first-order valence-electron chi connectivity index (χ1n) is 10.5. The number of carbonyl (C=O) groups excluding carboxylic acids is 1. The number of nitro groups is 1. The van der Waals surface area contributed by atoms with E-state index in [0.717, 1.165) is 0 Å². The first-order valence-corrected chi connectivity index (χ1v) is 10.8. The number of benzene rings is 2. The average molecular weight is 472 g/mol. The number of fused-ring (bicyclic) bond motifs is 1. The molecule has 1 amide bonds. The summed E-state index contributed by atoms with van der Waals surface area (Å²) in [5.74, 6) is -0.104. The Bertz CT molecular complexity index is 1270. The zero-order chi connectivity index (χ0) is 23.5. The van der Waals surface area contributed by atoms with Crippen molar-refractivity contribution in [3.63, 3.8) is 0 Å². The molecule has 0 radical (unpaired) electrons. The molecule has 2 aromatic carbocycles. The van der Waals surface area contributed by atoms with Gasteiger partial charge in [-0.2, -0.15) is 0 Å². The van der Waals surface area contributed by atoms with E-state index in [0.29, 0.717) is 60.3 Å². The lowest BCUT2D eigenvalue weighted by Gasteiger charge is -2.28. The molecule has 0 saturated carbocycles. The molecule has 10 nitrogen and oxygen atoms in total. The van der Waals surface area contributed by atoms with Crippen molar-refractivity contribution >= 4 is 39.8 Å². The molecular weight excluding hydrogens is 450 g/mol. The lowest BCUT2D eigenvalue weighted by atomic mass is 10.1. The van der Waals surface area contributed by atoms with Crippen LogP contribution in [-0.4, -0.2) is 58.5 Å². The second-order valence-corrected chi connectivity index (χ2v) is 7.99. The van der Waals surface area contributed by atoms with Gasteiger partial charge in [-0.1, -0.05) is 11.6 Å². The van der Waals surface area contributed by atoms with Crippen molar-refractivity contribution in [2.45, 2.75) is 13.5 Å². The number of morpholine rings is 1. The number of hydrogen-bond acceptors (Lipinski definition) is 7. The molecule has 0 spiro atoms. The number of halogens is 1. The van der Waals surface area contributed by atoms with E-state index in [1.807, 2.05) is 4.90 Å². The molecule has 1 saturated heterocycles. The fourth-order valence-electron chi connectivity index (χ4n) is 3.80. The van der Waals surface area contributed by atoms with Gasteiger partial charge in [-0.15, -0.1) is 0 Å². The van der Waals surface area contributed by atoms with Crippen molar-refractivity contribution in [2.75, 3.05) is 37.7 Å². The topological polar surface area (TPSA) is 122 Å². The maximum Gasteiger partial charge on any atom is 0.293 e. The number of amides is 1. The van der Waals surface area contributed by atoms with Gasteiger partial charge in [0.1, 0.15) is 11.5 Å². The Morgan fingerprint density at radius 2 is 2.03 bits per heavy atom. The van der Waals surface area contributed by atoms with Crippen molar-refractivity contribution in [2.24, 2.45) is 0 Å². The highest BCUT2D eigenvalue weighted by Gasteiger charge is 2.25. The van der Waals surface area contributed by atoms with Crippen LogP contribution in [0, 0.1) is 10.1 Å². The van der Waals surface area contributed by atoms with Crippen LogP contribution in [0.1, 0.15) is 23.1 Å². The van der Waals surface area contributed by atoms with Gasteiger partial charge in [0.05, 0.1) is 35.6 Å². The number of anilines is 1. The summed E-state index contributed by atoms with van der Waals surface area (Å²) in [6.45, 7) is 4.19. The predicted molar refractivity (Wildman–Crippen MR) is 124 cm³/mol. The Labute approximate surface area is 193 Å². The maximum absolute atomic E-state index is 13.2. The molecule has 0 aliphatic carbocycles. The Morgan fingerprint density at radius 3 is 2.73 bits per heavy atom. The Hall–Kier alpha value is -3.50. The Morgan fingerprint density at radius 1 is 1.27 bits per heavy atom. The quantitative estimate of drug-likeness (QED) is 0.433. The molecule has 1 aliphatic heterocycles. The van der Waals surface area contributed by atoms with Crippen molar-refractivity contribution in [1.82, 2.24) is 14.9 Å². The number of nitrogens with one attached hydrogen (secondary N) is 1. The van der Waals surface area contributed by atoms with E-state index in [1.165, 1.54) is 11.0 Å². The van der Waals surface area contributed by atoms with Crippen LogP contribution in [0.25, 0.3) is 10.9 Å². The van der Waals surface area contributed by atoms with Gasteiger partial charge in [0.2, 0.25) is 0 Å². The summed E-state index contributed by atoms with van der Waals surface area (Å²) >= 11 is 6.01. The maximum atomic E-state index is 13.2. The number of hydrogen-bond donors (Lipinski definition) is 1. The number of aromatic amines is 1. The van der Waals surface area contributed by atoms with Gasteiger partial charge in [-0.05, 0) is 37.3 Å². The smallest absolute Gasteiger partial charge is 0.293 e. The number of aromatic nitrogens is 2. The fourth-order valence-corrected chi connectivity index (χ4v) is 3.97. The summed E-state index contributed by atoms with van der Waals surface area (Å²) in [6.07, 6.45) is 0. The normalized spacial score (nSPS) is 13.8. The third-order valence-electron chi connectivity index (χ3n) is 5.50.